The molecule has 0 unspecified atom stereocenters. The predicted molar refractivity (Wildman–Crippen MR) is 54.5 cm³/mol. The lowest BCUT2D eigenvalue weighted by Gasteiger charge is -2.01. The fourth-order valence-corrected chi connectivity index (χ4v) is 1.58. The summed E-state index contributed by atoms with van der Waals surface area (Å²) in [5.74, 6) is 1.49. The molecular weight excluding hydrogens is 188 g/mol. The molecule has 2 nitrogen and oxygen atoms in total. The largest absolute Gasteiger partial charge is 0.185 e. The van der Waals surface area contributed by atoms with Gasteiger partial charge in [-0.05, 0) is 37.4 Å². The van der Waals surface area contributed by atoms with Crippen LogP contribution in [0.5, 0.6) is 0 Å². The first-order valence-corrected chi connectivity index (χ1v) is 5.36. The van der Waals surface area contributed by atoms with Gasteiger partial charge in [-0.15, -0.1) is 0 Å². The minimum absolute atomic E-state index is 0.744. The van der Waals surface area contributed by atoms with E-state index in [0.29, 0.717) is 0 Å². The average molecular weight is 198 g/mol. The molecule has 0 aromatic carbocycles. The van der Waals surface area contributed by atoms with Crippen molar-refractivity contribution in [2.24, 2.45) is 0 Å². The van der Waals surface area contributed by atoms with E-state index in [4.69, 9.17) is 10.5 Å². The van der Waals surface area contributed by atoms with Crippen molar-refractivity contribution in [3.63, 3.8) is 0 Å². The number of hydrogen-bond acceptors (Lipinski definition) is 4. The Morgan fingerprint density at radius 1 is 1.00 bits per heavy atom. The quantitative estimate of drug-likeness (QED) is 0.515. The summed E-state index contributed by atoms with van der Waals surface area (Å²) in [6.45, 7) is 4.00. The van der Waals surface area contributed by atoms with Crippen LogP contribution in [0.4, 0.5) is 0 Å². The summed E-state index contributed by atoms with van der Waals surface area (Å²) in [5.41, 5.74) is 2.40. The third-order valence-electron chi connectivity index (χ3n) is 1.44. The van der Waals surface area contributed by atoms with E-state index in [2.05, 4.69) is 0 Å². The zero-order valence-corrected chi connectivity index (χ0v) is 8.76. The highest BCUT2D eigenvalue weighted by molar-refractivity contribution is 8.04. The van der Waals surface area contributed by atoms with Gasteiger partial charge in [-0.3, -0.25) is 0 Å². The smallest absolute Gasteiger partial charge is 0.133 e. The third-order valence-corrected chi connectivity index (χ3v) is 2.85. The first kappa shape index (κ1) is 11.4. The van der Waals surface area contributed by atoms with E-state index < -0.39 is 0 Å². The van der Waals surface area contributed by atoms with Gasteiger partial charge in [-0.25, -0.2) is 0 Å². The van der Waals surface area contributed by atoms with E-state index in [1.165, 1.54) is 34.7 Å². The topological polar surface area (TPSA) is 47.6 Å². The molecule has 0 fully saturated rings. The van der Waals surface area contributed by atoms with Crippen LogP contribution >= 0.6 is 23.5 Å². The van der Waals surface area contributed by atoms with Crippen LogP contribution in [-0.4, -0.2) is 11.5 Å². The fraction of sp³-hybridized carbons (Fsp3) is 0.500. The summed E-state index contributed by atoms with van der Waals surface area (Å²) >= 11 is 2.47. The molecule has 0 saturated heterocycles. The molecule has 0 aromatic heterocycles. The van der Waals surface area contributed by atoms with Gasteiger partial charge in [0.2, 0.25) is 0 Å². The molecule has 12 heavy (non-hydrogen) atoms. The second-order valence-electron chi connectivity index (χ2n) is 2.32. The van der Waals surface area contributed by atoms with Crippen LogP contribution in [0.2, 0.25) is 0 Å². The fourth-order valence-electron chi connectivity index (χ4n) is 0.527. The highest BCUT2D eigenvalue weighted by Crippen LogP contribution is 2.14. The molecular formula is C8H10N2S2. The minimum Gasteiger partial charge on any atom is -0.185 e. The molecule has 4 heteroatoms. The number of rotatable bonds is 4. The lowest BCUT2D eigenvalue weighted by Crippen LogP contribution is -1.89. The van der Waals surface area contributed by atoms with Crippen molar-refractivity contribution in [2.45, 2.75) is 13.8 Å². The van der Waals surface area contributed by atoms with Crippen molar-refractivity contribution < 1.29 is 0 Å². The second kappa shape index (κ2) is 7.09. The van der Waals surface area contributed by atoms with Gasteiger partial charge in [0, 0.05) is 11.5 Å². The zero-order valence-electron chi connectivity index (χ0n) is 7.13. The van der Waals surface area contributed by atoms with Gasteiger partial charge in [0.15, 0.2) is 0 Å². The van der Waals surface area contributed by atoms with Crippen LogP contribution in [0.1, 0.15) is 13.8 Å². The summed E-state index contributed by atoms with van der Waals surface area (Å²) in [7, 11) is 0. The van der Waals surface area contributed by atoms with Gasteiger partial charge in [-0.1, -0.05) is 11.1 Å². The van der Waals surface area contributed by atoms with Crippen LogP contribution in [0.3, 0.4) is 0 Å². The lowest BCUT2D eigenvalue weighted by atomic mass is 10.2. The van der Waals surface area contributed by atoms with E-state index in [1.54, 1.807) is 0 Å². The predicted octanol–water partition coefficient (Wildman–Crippen LogP) is 2.75. The first-order chi connectivity index (χ1) is 5.72. The maximum atomic E-state index is 8.31. The van der Waals surface area contributed by atoms with E-state index in [1.807, 2.05) is 24.6 Å². The van der Waals surface area contributed by atoms with Gasteiger partial charge in [-0.2, -0.15) is 10.5 Å². The molecule has 0 amide bonds. The van der Waals surface area contributed by atoms with Crippen molar-refractivity contribution in [2.75, 3.05) is 11.5 Å². The van der Waals surface area contributed by atoms with E-state index in [0.717, 1.165) is 11.5 Å². The van der Waals surface area contributed by atoms with E-state index in [9.17, 15) is 0 Å². The summed E-state index contributed by atoms with van der Waals surface area (Å²) in [6, 6.07) is 0. The third kappa shape index (κ3) is 5.12. The molecule has 0 saturated carbocycles. The van der Waals surface area contributed by atoms with Crippen molar-refractivity contribution >= 4 is 23.5 Å². The van der Waals surface area contributed by atoms with Gasteiger partial charge in [0.1, 0.15) is 10.8 Å². The Balaban J connectivity index is 3.92. The van der Waals surface area contributed by atoms with Gasteiger partial charge < -0.3 is 0 Å². The van der Waals surface area contributed by atoms with E-state index in [-0.39, 0.29) is 0 Å². The monoisotopic (exact) mass is 198 g/mol. The first-order valence-electron chi connectivity index (χ1n) is 3.39. The molecule has 0 aliphatic carbocycles. The SMILES string of the molecule is C/C(CSC#N)=C(\C)CSC#N. The molecule has 0 bridgehead atoms. The summed E-state index contributed by atoms with van der Waals surface area (Å²) < 4.78 is 0. The molecule has 0 aliphatic heterocycles. The Bertz CT molecular complexity index is 219. The summed E-state index contributed by atoms with van der Waals surface area (Å²) in [4.78, 5) is 0. The Labute approximate surface area is 81.6 Å². The van der Waals surface area contributed by atoms with Gasteiger partial charge in [0.25, 0.3) is 0 Å². The van der Waals surface area contributed by atoms with E-state index >= 15 is 0 Å². The molecule has 0 aromatic rings. The maximum absolute atomic E-state index is 8.31. The second-order valence-corrected chi connectivity index (χ2v) is 3.84. The minimum atomic E-state index is 0.744. The van der Waals surface area contributed by atoms with Crippen LogP contribution in [-0.2, 0) is 0 Å². The van der Waals surface area contributed by atoms with Gasteiger partial charge >= 0.3 is 0 Å². The Morgan fingerprint density at radius 2 is 1.33 bits per heavy atom. The van der Waals surface area contributed by atoms with Crippen LogP contribution in [0, 0.1) is 21.3 Å². The van der Waals surface area contributed by atoms with Crippen LogP contribution in [0.25, 0.3) is 0 Å². The summed E-state index contributed by atoms with van der Waals surface area (Å²) in [6.07, 6.45) is 0. The van der Waals surface area contributed by atoms with Crippen molar-refractivity contribution in [1.82, 2.24) is 0 Å². The van der Waals surface area contributed by atoms with Crippen molar-refractivity contribution in [1.29, 1.82) is 10.5 Å². The van der Waals surface area contributed by atoms with Crippen LogP contribution < -0.4 is 0 Å². The Morgan fingerprint density at radius 3 is 1.58 bits per heavy atom. The number of nitriles is 2. The molecule has 0 heterocycles. The molecule has 0 aliphatic rings. The molecule has 0 spiro atoms. The zero-order chi connectivity index (χ0) is 9.40. The number of thioether (sulfide) groups is 2. The normalized spacial score (nSPS) is 11.3. The maximum Gasteiger partial charge on any atom is 0.133 e. The Kier molecular flexibility index (Phi) is 6.75. The molecule has 0 radical (unpaired) electrons. The Hall–Kier alpha value is -0.580. The number of nitrogens with zero attached hydrogens (tertiary/aromatic N) is 2. The molecule has 0 N–H and O–H groups in total. The molecule has 0 rings (SSSR count). The molecule has 64 valence electrons. The van der Waals surface area contributed by atoms with Crippen LogP contribution in [0.15, 0.2) is 11.1 Å². The van der Waals surface area contributed by atoms with Crippen molar-refractivity contribution in [3.8, 4) is 10.8 Å². The van der Waals surface area contributed by atoms with Gasteiger partial charge in [0.05, 0.1) is 0 Å². The lowest BCUT2D eigenvalue weighted by molar-refractivity contribution is 1.25. The average Bonchev–Trinajstić information content (AvgIpc) is 2.10. The number of thiocyanates is 2. The number of hydrogen-bond donors (Lipinski definition) is 0. The highest BCUT2D eigenvalue weighted by atomic mass is 32.2. The standard InChI is InChI=1S/C8H10N2S2/c1-7(3-11-5-9)8(2)4-12-6-10/h3-4H2,1-2H3/b8-7-. The van der Waals surface area contributed by atoms with Crippen molar-refractivity contribution in [3.05, 3.63) is 11.1 Å². The highest BCUT2D eigenvalue weighted by Gasteiger charge is 1.97. The summed E-state index contributed by atoms with van der Waals surface area (Å²) in [5, 5.41) is 20.7. The molecule has 0 atom stereocenters.